The number of hydrogen-bond acceptors (Lipinski definition) is 5. The fourth-order valence-electron chi connectivity index (χ4n) is 1.74. The largest absolute Gasteiger partial charge is 0.357 e. The summed E-state index contributed by atoms with van der Waals surface area (Å²) in [5, 5.41) is 12.8. The van der Waals surface area contributed by atoms with Gasteiger partial charge in [0.05, 0.1) is 0 Å². The predicted octanol–water partition coefficient (Wildman–Crippen LogP) is 1.70. The number of aromatic nitrogens is 1. The molecule has 5 nitrogen and oxygen atoms in total. The van der Waals surface area contributed by atoms with E-state index in [9.17, 15) is 4.79 Å². The van der Waals surface area contributed by atoms with Crippen molar-refractivity contribution in [2.75, 3.05) is 18.9 Å². The number of likely N-dealkylation sites (tertiary alicyclic amines) is 1. The maximum atomic E-state index is 11.3. The number of amides is 1. The van der Waals surface area contributed by atoms with Gasteiger partial charge < -0.3 is 10.2 Å². The van der Waals surface area contributed by atoms with E-state index in [0.29, 0.717) is 23.0 Å². The molecule has 1 N–H and O–H groups in total. The Morgan fingerprint density at radius 1 is 1.71 bits per heavy atom. The molecule has 1 aromatic rings. The molecule has 1 atom stereocenters. The van der Waals surface area contributed by atoms with Crippen LogP contribution >= 0.6 is 22.9 Å². The minimum atomic E-state index is 0.165. The second-order valence-electron chi connectivity index (χ2n) is 3.90. The highest BCUT2D eigenvalue weighted by Crippen LogP contribution is 2.27. The summed E-state index contributed by atoms with van der Waals surface area (Å²) in [5.74, 6) is 0.165. The van der Waals surface area contributed by atoms with Crippen molar-refractivity contribution in [1.29, 1.82) is 5.26 Å². The van der Waals surface area contributed by atoms with Gasteiger partial charge in [0.1, 0.15) is 10.9 Å². The number of rotatable bonds is 2. The maximum Gasteiger partial charge on any atom is 0.222 e. The van der Waals surface area contributed by atoms with Crippen LogP contribution in [-0.2, 0) is 4.79 Å². The summed E-state index contributed by atoms with van der Waals surface area (Å²) in [6.07, 6.45) is 1.32. The Labute approximate surface area is 108 Å². The van der Waals surface area contributed by atoms with Crippen LogP contribution in [-0.4, -0.2) is 35.4 Å². The smallest absolute Gasteiger partial charge is 0.222 e. The first-order valence-electron chi connectivity index (χ1n) is 5.17. The van der Waals surface area contributed by atoms with E-state index >= 15 is 0 Å². The summed E-state index contributed by atoms with van der Waals surface area (Å²) < 4.78 is 0. The number of hydrogen-bond donors (Lipinski definition) is 1. The molecular weight excluding hydrogens is 260 g/mol. The van der Waals surface area contributed by atoms with Gasteiger partial charge in [-0.1, -0.05) is 22.9 Å². The van der Waals surface area contributed by atoms with Crippen molar-refractivity contribution in [3.8, 4) is 6.07 Å². The van der Waals surface area contributed by atoms with E-state index in [1.54, 1.807) is 11.9 Å². The summed E-state index contributed by atoms with van der Waals surface area (Å²) in [7, 11) is 1.78. The fourth-order valence-corrected chi connectivity index (χ4v) is 2.76. The molecule has 90 valence electrons. The van der Waals surface area contributed by atoms with E-state index in [4.69, 9.17) is 16.9 Å². The third kappa shape index (κ3) is 2.68. The van der Waals surface area contributed by atoms with Crippen LogP contribution < -0.4 is 5.32 Å². The molecule has 1 unspecified atom stereocenters. The summed E-state index contributed by atoms with van der Waals surface area (Å²) >= 11 is 7.02. The van der Waals surface area contributed by atoms with Crippen LogP contribution in [0.2, 0.25) is 5.15 Å². The number of likely N-dealkylation sites (N-methyl/N-ethyl adjacent to an activating group) is 1. The minimum Gasteiger partial charge on any atom is -0.357 e. The van der Waals surface area contributed by atoms with E-state index in [0.717, 1.165) is 6.42 Å². The summed E-state index contributed by atoms with van der Waals surface area (Å²) in [6.45, 7) is 0.651. The quantitative estimate of drug-likeness (QED) is 0.888. The van der Waals surface area contributed by atoms with Crippen molar-refractivity contribution >= 4 is 34.0 Å². The van der Waals surface area contributed by atoms with Gasteiger partial charge in [-0.05, 0) is 6.42 Å². The standard InChI is InChI=1S/C10H11ClN4OS/c1-15-5-6(2-3-8(15)16)13-10-14-9(11)7(4-12)17-10/h6H,2-3,5H2,1H3,(H,13,14). The van der Waals surface area contributed by atoms with Crippen molar-refractivity contribution < 1.29 is 4.79 Å². The van der Waals surface area contributed by atoms with Gasteiger partial charge in [-0.3, -0.25) is 4.79 Å². The lowest BCUT2D eigenvalue weighted by Gasteiger charge is -2.29. The number of halogens is 1. The predicted molar refractivity (Wildman–Crippen MR) is 66.1 cm³/mol. The van der Waals surface area contributed by atoms with Crippen LogP contribution in [0.5, 0.6) is 0 Å². The zero-order valence-corrected chi connectivity index (χ0v) is 10.8. The Kier molecular flexibility index (Phi) is 3.50. The molecular formula is C10H11ClN4OS. The van der Waals surface area contributed by atoms with Crippen LogP contribution in [0.4, 0.5) is 5.13 Å². The Bertz CT molecular complexity index is 481. The Balaban J connectivity index is 2.01. The molecule has 2 heterocycles. The van der Waals surface area contributed by atoms with Crippen LogP contribution in [0.25, 0.3) is 0 Å². The van der Waals surface area contributed by atoms with Crippen molar-refractivity contribution in [3.05, 3.63) is 10.0 Å². The van der Waals surface area contributed by atoms with Gasteiger partial charge in [0, 0.05) is 26.1 Å². The minimum absolute atomic E-state index is 0.165. The normalized spacial score (nSPS) is 20.2. The van der Waals surface area contributed by atoms with Crippen molar-refractivity contribution in [2.45, 2.75) is 18.9 Å². The Hall–Kier alpha value is -1.32. The average molecular weight is 271 g/mol. The summed E-state index contributed by atoms with van der Waals surface area (Å²) in [5.41, 5.74) is 0. The van der Waals surface area contributed by atoms with Gasteiger partial charge in [-0.15, -0.1) is 0 Å². The molecule has 1 fully saturated rings. The third-order valence-electron chi connectivity index (χ3n) is 2.64. The number of nitriles is 1. The number of nitrogens with zero attached hydrogens (tertiary/aromatic N) is 3. The van der Waals surface area contributed by atoms with Crippen LogP contribution in [0.3, 0.4) is 0 Å². The van der Waals surface area contributed by atoms with Crippen LogP contribution in [0.15, 0.2) is 0 Å². The molecule has 17 heavy (non-hydrogen) atoms. The number of carbonyl (C=O) groups is 1. The Morgan fingerprint density at radius 2 is 2.47 bits per heavy atom. The Morgan fingerprint density at radius 3 is 3.06 bits per heavy atom. The number of piperidine rings is 1. The van der Waals surface area contributed by atoms with E-state index in [-0.39, 0.29) is 17.1 Å². The molecule has 0 aromatic carbocycles. The van der Waals surface area contributed by atoms with Gasteiger partial charge in [0.25, 0.3) is 0 Å². The SMILES string of the molecule is CN1CC(Nc2nc(Cl)c(C#N)s2)CCC1=O. The lowest BCUT2D eigenvalue weighted by Crippen LogP contribution is -2.43. The number of carbonyl (C=O) groups excluding carboxylic acids is 1. The molecule has 1 aliphatic heterocycles. The van der Waals surface area contributed by atoms with E-state index in [1.165, 1.54) is 11.3 Å². The lowest BCUT2D eigenvalue weighted by atomic mass is 10.1. The van der Waals surface area contributed by atoms with E-state index in [2.05, 4.69) is 10.3 Å². The van der Waals surface area contributed by atoms with Gasteiger partial charge in [0.2, 0.25) is 5.91 Å². The first-order chi connectivity index (χ1) is 8.10. The second-order valence-corrected chi connectivity index (χ2v) is 5.26. The van der Waals surface area contributed by atoms with Gasteiger partial charge in [-0.2, -0.15) is 5.26 Å². The molecule has 0 bridgehead atoms. The number of anilines is 1. The molecule has 7 heteroatoms. The van der Waals surface area contributed by atoms with Crippen molar-refractivity contribution in [2.24, 2.45) is 0 Å². The molecule has 1 amide bonds. The van der Waals surface area contributed by atoms with Crippen LogP contribution in [0, 0.1) is 11.3 Å². The van der Waals surface area contributed by atoms with E-state index in [1.807, 2.05) is 6.07 Å². The average Bonchev–Trinajstić information content (AvgIpc) is 2.64. The summed E-state index contributed by atoms with van der Waals surface area (Å²) in [6, 6.07) is 2.16. The summed E-state index contributed by atoms with van der Waals surface area (Å²) in [4.78, 5) is 17.5. The first-order valence-corrected chi connectivity index (χ1v) is 6.36. The highest BCUT2D eigenvalue weighted by Gasteiger charge is 2.23. The van der Waals surface area contributed by atoms with Crippen molar-refractivity contribution in [1.82, 2.24) is 9.88 Å². The number of thiazole rings is 1. The number of nitrogens with one attached hydrogen (secondary N) is 1. The first kappa shape index (κ1) is 12.1. The van der Waals surface area contributed by atoms with Crippen molar-refractivity contribution in [3.63, 3.8) is 0 Å². The maximum absolute atomic E-state index is 11.3. The second kappa shape index (κ2) is 4.90. The molecule has 2 rings (SSSR count). The van der Waals surface area contributed by atoms with Gasteiger partial charge in [-0.25, -0.2) is 4.98 Å². The highest BCUT2D eigenvalue weighted by molar-refractivity contribution is 7.16. The molecule has 0 spiro atoms. The molecule has 0 aliphatic carbocycles. The van der Waals surface area contributed by atoms with Gasteiger partial charge in [0.15, 0.2) is 10.3 Å². The molecule has 1 aromatic heterocycles. The molecule has 1 aliphatic rings. The van der Waals surface area contributed by atoms with Gasteiger partial charge >= 0.3 is 0 Å². The lowest BCUT2D eigenvalue weighted by molar-refractivity contribution is -0.132. The molecule has 1 saturated heterocycles. The highest BCUT2D eigenvalue weighted by atomic mass is 35.5. The third-order valence-corrected chi connectivity index (χ3v) is 3.92. The molecule has 0 saturated carbocycles. The topological polar surface area (TPSA) is 69.0 Å². The fraction of sp³-hybridized carbons (Fsp3) is 0.500. The zero-order valence-electron chi connectivity index (χ0n) is 9.23. The zero-order chi connectivity index (χ0) is 12.4. The monoisotopic (exact) mass is 270 g/mol. The molecule has 0 radical (unpaired) electrons. The van der Waals surface area contributed by atoms with Crippen LogP contribution in [0.1, 0.15) is 17.7 Å². The van der Waals surface area contributed by atoms with E-state index < -0.39 is 0 Å².